The first-order valence-corrected chi connectivity index (χ1v) is 7.85. The molecule has 6 nitrogen and oxygen atoms in total. The molecule has 0 unspecified atom stereocenters. The molecular formula is C19H16N4O2. The van der Waals surface area contributed by atoms with Crippen LogP contribution in [0.4, 0.5) is 0 Å². The maximum Gasteiger partial charge on any atom is 0.273 e. The van der Waals surface area contributed by atoms with Gasteiger partial charge < -0.3 is 4.74 Å². The second-order valence-electron chi connectivity index (χ2n) is 5.69. The number of aryl methyl sites for hydroxylation is 1. The Kier molecular flexibility index (Phi) is 3.57. The smallest absolute Gasteiger partial charge is 0.273 e. The number of hydrogen-bond donors (Lipinski definition) is 1. The fourth-order valence-corrected chi connectivity index (χ4v) is 2.83. The van der Waals surface area contributed by atoms with Gasteiger partial charge in [-0.1, -0.05) is 6.07 Å². The van der Waals surface area contributed by atoms with E-state index in [2.05, 4.69) is 15.1 Å². The SMILES string of the molecule is COc1ccc(-c2[nH]n3c(=O)cc(-c4ccccn4)nc3c2C)cc1. The number of methoxy groups -OCH3 is 1. The maximum absolute atomic E-state index is 12.5. The summed E-state index contributed by atoms with van der Waals surface area (Å²) in [7, 11) is 1.63. The van der Waals surface area contributed by atoms with Gasteiger partial charge >= 0.3 is 0 Å². The first-order valence-electron chi connectivity index (χ1n) is 7.85. The maximum atomic E-state index is 12.5. The third-order valence-electron chi connectivity index (χ3n) is 4.16. The van der Waals surface area contributed by atoms with Crippen molar-refractivity contribution in [2.75, 3.05) is 7.11 Å². The molecule has 0 fully saturated rings. The van der Waals surface area contributed by atoms with Crippen LogP contribution >= 0.6 is 0 Å². The first kappa shape index (κ1) is 15.1. The summed E-state index contributed by atoms with van der Waals surface area (Å²) in [6.07, 6.45) is 1.69. The Morgan fingerprint density at radius 1 is 1.08 bits per heavy atom. The van der Waals surface area contributed by atoms with E-state index < -0.39 is 0 Å². The number of nitrogens with zero attached hydrogens (tertiary/aromatic N) is 3. The summed E-state index contributed by atoms with van der Waals surface area (Å²) in [6, 6.07) is 14.7. The lowest BCUT2D eigenvalue weighted by Crippen LogP contribution is -2.14. The van der Waals surface area contributed by atoms with E-state index >= 15 is 0 Å². The molecule has 6 heteroatoms. The number of ether oxygens (including phenoxy) is 1. The summed E-state index contributed by atoms with van der Waals surface area (Å²) in [5.74, 6) is 0.783. The van der Waals surface area contributed by atoms with Gasteiger partial charge in [-0.15, -0.1) is 0 Å². The van der Waals surface area contributed by atoms with E-state index in [9.17, 15) is 4.79 Å². The van der Waals surface area contributed by atoms with Crippen LogP contribution in [0, 0.1) is 6.92 Å². The Bertz CT molecular complexity index is 1100. The lowest BCUT2D eigenvalue weighted by atomic mass is 10.1. The fraction of sp³-hybridized carbons (Fsp3) is 0.105. The van der Waals surface area contributed by atoms with Crippen molar-refractivity contribution in [1.82, 2.24) is 19.6 Å². The first-order chi connectivity index (χ1) is 12.2. The zero-order valence-corrected chi connectivity index (χ0v) is 13.9. The molecule has 4 aromatic rings. The molecule has 0 saturated carbocycles. The summed E-state index contributed by atoms with van der Waals surface area (Å²) in [5.41, 5.74) is 4.38. The average Bonchev–Trinajstić information content (AvgIpc) is 3.00. The van der Waals surface area contributed by atoms with Crippen LogP contribution in [0.25, 0.3) is 28.3 Å². The largest absolute Gasteiger partial charge is 0.497 e. The number of pyridine rings is 1. The Hall–Kier alpha value is -3.41. The monoisotopic (exact) mass is 332 g/mol. The van der Waals surface area contributed by atoms with Crippen LogP contribution in [0.5, 0.6) is 5.75 Å². The number of nitrogens with one attached hydrogen (secondary N) is 1. The van der Waals surface area contributed by atoms with Gasteiger partial charge in [0.05, 0.1) is 24.2 Å². The average molecular weight is 332 g/mol. The van der Waals surface area contributed by atoms with Crippen molar-refractivity contribution in [2.45, 2.75) is 6.92 Å². The van der Waals surface area contributed by atoms with Crippen molar-refractivity contribution in [1.29, 1.82) is 0 Å². The molecule has 0 atom stereocenters. The number of fused-ring (bicyclic) bond motifs is 1. The van der Waals surface area contributed by atoms with Crippen LogP contribution < -0.4 is 10.3 Å². The minimum Gasteiger partial charge on any atom is -0.497 e. The van der Waals surface area contributed by atoms with Crippen LogP contribution in [-0.4, -0.2) is 26.7 Å². The second kappa shape index (κ2) is 5.90. The van der Waals surface area contributed by atoms with Crippen LogP contribution in [0.15, 0.2) is 59.5 Å². The summed E-state index contributed by atoms with van der Waals surface area (Å²) >= 11 is 0. The fourth-order valence-electron chi connectivity index (χ4n) is 2.83. The second-order valence-corrected chi connectivity index (χ2v) is 5.69. The Morgan fingerprint density at radius 3 is 2.56 bits per heavy atom. The summed E-state index contributed by atoms with van der Waals surface area (Å²) in [6.45, 7) is 1.94. The van der Waals surface area contributed by atoms with E-state index in [0.29, 0.717) is 17.0 Å². The summed E-state index contributed by atoms with van der Waals surface area (Å²) in [5, 5.41) is 3.15. The number of benzene rings is 1. The zero-order valence-electron chi connectivity index (χ0n) is 13.9. The highest BCUT2D eigenvalue weighted by Gasteiger charge is 2.14. The van der Waals surface area contributed by atoms with Crippen LogP contribution in [0.3, 0.4) is 0 Å². The predicted molar refractivity (Wildman–Crippen MR) is 95.8 cm³/mol. The molecule has 1 N–H and O–H groups in total. The van der Waals surface area contributed by atoms with Crippen molar-refractivity contribution in [3.63, 3.8) is 0 Å². The number of aromatic nitrogens is 4. The molecule has 124 valence electrons. The molecule has 25 heavy (non-hydrogen) atoms. The van der Waals surface area contributed by atoms with Gasteiger partial charge in [-0.2, -0.15) is 0 Å². The van der Waals surface area contributed by atoms with E-state index in [1.807, 2.05) is 49.4 Å². The van der Waals surface area contributed by atoms with E-state index in [0.717, 1.165) is 22.6 Å². The van der Waals surface area contributed by atoms with Crippen LogP contribution in [-0.2, 0) is 0 Å². The van der Waals surface area contributed by atoms with Gasteiger partial charge in [0.15, 0.2) is 5.65 Å². The molecule has 0 radical (unpaired) electrons. The van der Waals surface area contributed by atoms with Crippen molar-refractivity contribution in [3.05, 3.63) is 70.6 Å². The third kappa shape index (κ3) is 2.57. The van der Waals surface area contributed by atoms with Gasteiger partial charge in [-0.3, -0.25) is 14.9 Å². The summed E-state index contributed by atoms with van der Waals surface area (Å²) < 4.78 is 6.65. The van der Waals surface area contributed by atoms with Gasteiger partial charge in [-0.05, 0) is 43.3 Å². The quantitative estimate of drug-likeness (QED) is 0.626. The molecule has 0 saturated heterocycles. The number of hydrogen-bond acceptors (Lipinski definition) is 4. The van der Waals surface area contributed by atoms with Crippen molar-refractivity contribution >= 4 is 5.65 Å². The van der Waals surface area contributed by atoms with Gasteiger partial charge in [0.2, 0.25) is 0 Å². The topological polar surface area (TPSA) is 72.3 Å². The zero-order chi connectivity index (χ0) is 17.4. The number of rotatable bonds is 3. The molecular weight excluding hydrogens is 316 g/mol. The molecule has 0 amide bonds. The number of aromatic amines is 1. The molecule has 3 heterocycles. The molecule has 0 bridgehead atoms. The molecule has 0 aliphatic heterocycles. The Morgan fingerprint density at radius 2 is 1.88 bits per heavy atom. The highest BCUT2D eigenvalue weighted by molar-refractivity contribution is 5.71. The molecule has 0 aliphatic rings. The van der Waals surface area contributed by atoms with E-state index in [1.165, 1.54) is 10.6 Å². The van der Waals surface area contributed by atoms with Gasteiger partial charge in [-0.25, -0.2) is 9.50 Å². The highest BCUT2D eigenvalue weighted by atomic mass is 16.5. The highest BCUT2D eigenvalue weighted by Crippen LogP contribution is 2.26. The van der Waals surface area contributed by atoms with Crippen molar-refractivity contribution in [3.8, 4) is 28.4 Å². The van der Waals surface area contributed by atoms with Crippen molar-refractivity contribution < 1.29 is 4.74 Å². The molecule has 1 aromatic carbocycles. The van der Waals surface area contributed by atoms with Crippen molar-refractivity contribution in [2.24, 2.45) is 0 Å². The number of H-pyrrole nitrogens is 1. The Balaban J connectivity index is 1.90. The van der Waals surface area contributed by atoms with Gasteiger partial charge in [0, 0.05) is 23.4 Å². The molecule has 3 aromatic heterocycles. The normalized spacial score (nSPS) is 11.0. The van der Waals surface area contributed by atoms with Gasteiger partial charge in [0.25, 0.3) is 5.56 Å². The Labute approximate surface area is 143 Å². The third-order valence-corrected chi connectivity index (χ3v) is 4.16. The standard InChI is InChI=1S/C19H16N4O2/c1-12-18(13-6-8-14(25-2)9-7-13)22-23-17(24)11-16(21-19(12)23)15-5-3-4-10-20-15/h3-11,22H,1-2H3. The predicted octanol–water partition coefficient (Wildman–Crippen LogP) is 3.07. The molecule has 0 aliphatic carbocycles. The van der Waals surface area contributed by atoms with Crippen LogP contribution in [0.1, 0.15) is 5.56 Å². The van der Waals surface area contributed by atoms with E-state index in [4.69, 9.17) is 4.74 Å². The molecule has 4 rings (SSSR count). The van der Waals surface area contributed by atoms with E-state index in [-0.39, 0.29) is 5.56 Å². The molecule has 0 spiro atoms. The minimum atomic E-state index is -0.173. The van der Waals surface area contributed by atoms with E-state index in [1.54, 1.807) is 13.3 Å². The van der Waals surface area contributed by atoms with Gasteiger partial charge in [0.1, 0.15) is 5.75 Å². The van der Waals surface area contributed by atoms with Crippen LogP contribution in [0.2, 0.25) is 0 Å². The minimum absolute atomic E-state index is 0.173. The lowest BCUT2D eigenvalue weighted by molar-refractivity contribution is 0.415. The lowest BCUT2D eigenvalue weighted by Gasteiger charge is -2.02. The summed E-state index contributed by atoms with van der Waals surface area (Å²) in [4.78, 5) is 21.4.